The Morgan fingerprint density at radius 1 is 1.12 bits per heavy atom. The van der Waals surface area contributed by atoms with Crippen molar-refractivity contribution in [2.24, 2.45) is 5.73 Å². The van der Waals surface area contributed by atoms with Crippen LogP contribution < -0.4 is 30.6 Å². The number of carbonyl (C=O) groups is 1. The molecule has 2 amide bonds. The van der Waals surface area contributed by atoms with E-state index >= 15 is 0 Å². The number of rotatable bonds is 7. The van der Waals surface area contributed by atoms with E-state index in [0.29, 0.717) is 28.2 Å². The molecule has 8 nitrogen and oxygen atoms in total. The van der Waals surface area contributed by atoms with Crippen molar-refractivity contribution in [1.29, 1.82) is 0 Å². The van der Waals surface area contributed by atoms with Gasteiger partial charge < -0.3 is 24.8 Å². The molecule has 0 bridgehead atoms. The van der Waals surface area contributed by atoms with Crippen LogP contribution in [0.2, 0.25) is 0 Å². The van der Waals surface area contributed by atoms with E-state index in [1.807, 2.05) is 5.32 Å². The SMILES string of the molecule is COc1cc2nccc(Oc3ccc(NC(=O)NCC(F)(F)F)c(F)c3)c2cc1OCN. The number of aromatic nitrogens is 1. The van der Waals surface area contributed by atoms with Crippen molar-refractivity contribution in [2.75, 3.05) is 25.7 Å². The molecule has 32 heavy (non-hydrogen) atoms. The fourth-order valence-corrected chi connectivity index (χ4v) is 2.71. The van der Waals surface area contributed by atoms with Gasteiger partial charge in [-0.05, 0) is 24.3 Å². The minimum Gasteiger partial charge on any atom is -0.493 e. The molecule has 0 aliphatic rings. The molecule has 0 aliphatic heterocycles. The molecule has 1 heterocycles. The largest absolute Gasteiger partial charge is 0.493 e. The summed E-state index contributed by atoms with van der Waals surface area (Å²) in [4.78, 5) is 15.8. The molecule has 0 aliphatic carbocycles. The predicted molar refractivity (Wildman–Crippen MR) is 108 cm³/mol. The van der Waals surface area contributed by atoms with Crippen molar-refractivity contribution in [3.8, 4) is 23.0 Å². The van der Waals surface area contributed by atoms with Crippen molar-refractivity contribution >= 4 is 22.6 Å². The second kappa shape index (κ2) is 9.56. The van der Waals surface area contributed by atoms with Crippen LogP contribution in [-0.2, 0) is 0 Å². The van der Waals surface area contributed by atoms with Gasteiger partial charge in [0.2, 0.25) is 0 Å². The number of urea groups is 1. The number of halogens is 4. The first kappa shape index (κ1) is 22.9. The number of hydrogen-bond acceptors (Lipinski definition) is 6. The van der Waals surface area contributed by atoms with Gasteiger partial charge in [-0.15, -0.1) is 0 Å². The lowest BCUT2D eigenvalue weighted by molar-refractivity contribution is -0.122. The third-order valence-electron chi connectivity index (χ3n) is 4.09. The zero-order valence-corrected chi connectivity index (χ0v) is 16.6. The molecule has 12 heteroatoms. The fourth-order valence-electron chi connectivity index (χ4n) is 2.71. The maximum atomic E-state index is 14.4. The number of nitrogens with one attached hydrogen (secondary N) is 2. The summed E-state index contributed by atoms with van der Waals surface area (Å²) in [6.45, 7) is -1.63. The third-order valence-corrected chi connectivity index (χ3v) is 4.09. The highest BCUT2D eigenvalue weighted by Crippen LogP contribution is 2.37. The average Bonchev–Trinajstić information content (AvgIpc) is 2.74. The second-order valence-electron chi connectivity index (χ2n) is 6.31. The van der Waals surface area contributed by atoms with Crippen molar-refractivity contribution in [3.05, 3.63) is 48.4 Å². The molecule has 0 spiro atoms. The van der Waals surface area contributed by atoms with Crippen LogP contribution in [0.1, 0.15) is 0 Å². The van der Waals surface area contributed by atoms with Gasteiger partial charge in [0.05, 0.1) is 18.3 Å². The number of nitrogens with two attached hydrogens (primary N) is 1. The molecule has 0 radical (unpaired) electrons. The van der Waals surface area contributed by atoms with Gasteiger partial charge in [-0.1, -0.05) is 0 Å². The van der Waals surface area contributed by atoms with E-state index in [4.69, 9.17) is 19.9 Å². The van der Waals surface area contributed by atoms with Gasteiger partial charge in [-0.25, -0.2) is 9.18 Å². The molecule has 0 atom stereocenters. The summed E-state index contributed by atoms with van der Waals surface area (Å²) in [6, 6.07) is 7.07. The first-order chi connectivity index (χ1) is 15.2. The fraction of sp³-hybridized carbons (Fsp3) is 0.200. The highest BCUT2D eigenvalue weighted by Gasteiger charge is 2.27. The lowest BCUT2D eigenvalue weighted by Crippen LogP contribution is -2.36. The van der Waals surface area contributed by atoms with Gasteiger partial charge in [0.15, 0.2) is 11.5 Å². The maximum Gasteiger partial charge on any atom is 0.405 e. The first-order valence-corrected chi connectivity index (χ1v) is 9.09. The summed E-state index contributed by atoms with van der Waals surface area (Å²) in [5.74, 6) is 0.265. The number of methoxy groups -OCH3 is 1. The van der Waals surface area contributed by atoms with Crippen LogP contribution in [-0.4, -0.2) is 37.6 Å². The van der Waals surface area contributed by atoms with Crippen molar-refractivity contribution in [1.82, 2.24) is 10.3 Å². The summed E-state index contributed by atoms with van der Waals surface area (Å²) >= 11 is 0. The van der Waals surface area contributed by atoms with E-state index in [1.54, 1.807) is 23.5 Å². The molecular weight excluding hydrogens is 436 g/mol. The van der Waals surface area contributed by atoms with E-state index in [-0.39, 0.29) is 18.2 Å². The second-order valence-corrected chi connectivity index (χ2v) is 6.31. The molecule has 0 saturated carbocycles. The zero-order valence-electron chi connectivity index (χ0n) is 16.6. The van der Waals surface area contributed by atoms with Gasteiger partial charge >= 0.3 is 12.2 Å². The number of hydrogen-bond donors (Lipinski definition) is 3. The summed E-state index contributed by atoms with van der Waals surface area (Å²) in [7, 11) is 1.46. The minimum absolute atomic E-state index is 0.0772. The van der Waals surface area contributed by atoms with E-state index < -0.39 is 24.6 Å². The average molecular weight is 454 g/mol. The van der Waals surface area contributed by atoms with E-state index in [9.17, 15) is 22.4 Å². The molecule has 170 valence electrons. The van der Waals surface area contributed by atoms with Crippen LogP contribution in [0.4, 0.5) is 28.0 Å². The molecular formula is C20H18F4N4O4. The van der Waals surface area contributed by atoms with Gasteiger partial charge in [0.1, 0.15) is 30.6 Å². The van der Waals surface area contributed by atoms with Crippen LogP contribution in [0, 0.1) is 5.82 Å². The van der Waals surface area contributed by atoms with Crippen LogP contribution in [0.25, 0.3) is 10.9 Å². The Kier molecular flexibility index (Phi) is 6.83. The topological polar surface area (TPSA) is 108 Å². The Morgan fingerprint density at radius 3 is 2.56 bits per heavy atom. The molecule has 3 aromatic rings. The number of amides is 2. The Labute approximate surface area is 179 Å². The number of alkyl halides is 3. The summed E-state index contributed by atoms with van der Waals surface area (Å²) in [6.07, 6.45) is -3.10. The summed E-state index contributed by atoms with van der Waals surface area (Å²) in [5.41, 5.74) is 5.64. The smallest absolute Gasteiger partial charge is 0.405 e. The number of carbonyl (C=O) groups excluding carboxylic acids is 1. The molecule has 4 N–H and O–H groups in total. The first-order valence-electron chi connectivity index (χ1n) is 9.09. The monoisotopic (exact) mass is 454 g/mol. The Hall–Kier alpha value is -3.80. The van der Waals surface area contributed by atoms with Crippen molar-refractivity contribution in [3.63, 3.8) is 0 Å². The summed E-state index contributed by atoms with van der Waals surface area (Å²) < 4.78 is 67.2. The van der Waals surface area contributed by atoms with E-state index in [2.05, 4.69) is 4.98 Å². The highest BCUT2D eigenvalue weighted by atomic mass is 19.4. The number of ether oxygens (including phenoxy) is 3. The lowest BCUT2D eigenvalue weighted by atomic mass is 10.2. The maximum absolute atomic E-state index is 14.4. The standard InChI is InChI=1S/C20H18F4N4O4/c1-30-17-8-15-12(7-18(17)31-10-25)16(4-5-26-15)32-11-2-3-14(13(21)6-11)28-19(29)27-9-20(22,23)24/h2-8H,9-10,25H2,1H3,(H2,27,28,29). The van der Waals surface area contributed by atoms with Gasteiger partial charge in [-0.3, -0.25) is 10.7 Å². The molecule has 0 saturated heterocycles. The predicted octanol–water partition coefficient (Wildman–Crippen LogP) is 4.15. The van der Waals surface area contributed by atoms with Crippen molar-refractivity contribution < 1.29 is 36.6 Å². The van der Waals surface area contributed by atoms with Gasteiger partial charge in [0.25, 0.3) is 0 Å². The Morgan fingerprint density at radius 2 is 1.91 bits per heavy atom. The number of nitrogens with zero attached hydrogens (tertiary/aromatic N) is 1. The number of anilines is 1. The van der Waals surface area contributed by atoms with Crippen molar-refractivity contribution in [2.45, 2.75) is 6.18 Å². The quantitative estimate of drug-likeness (QED) is 0.366. The van der Waals surface area contributed by atoms with Gasteiger partial charge in [-0.2, -0.15) is 13.2 Å². The molecule has 3 rings (SSSR count). The normalized spacial score (nSPS) is 11.2. The Balaban J connectivity index is 1.81. The molecule has 1 aromatic heterocycles. The summed E-state index contributed by atoms with van der Waals surface area (Å²) in [5, 5.41) is 4.12. The number of pyridine rings is 1. The molecule has 2 aromatic carbocycles. The van der Waals surface area contributed by atoms with Crippen LogP contribution in [0.5, 0.6) is 23.0 Å². The highest BCUT2D eigenvalue weighted by molar-refractivity contribution is 5.90. The number of fused-ring (bicyclic) bond motifs is 1. The number of benzene rings is 2. The minimum atomic E-state index is -4.58. The third kappa shape index (κ3) is 5.66. The zero-order chi connectivity index (χ0) is 23.3. The molecule has 0 fully saturated rings. The Bertz CT molecular complexity index is 1120. The van der Waals surface area contributed by atoms with E-state index in [1.165, 1.54) is 19.4 Å². The van der Waals surface area contributed by atoms with Crippen LogP contribution in [0.3, 0.4) is 0 Å². The van der Waals surface area contributed by atoms with Gasteiger partial charge in [0, 0.05) is 23.7 Å². The van der Waals surface area contributed by atoms with Crippen LogP contribution >= 0.6 is 0 Å². The lowest BCUT2D eigenvalue weighted by Gasteiger charge is -2.14. The van der Waals surface area contributed by atoms with Crippen LogP contribution in [0.15, 0.2) is 42.6 Å². The van der Waals surface area contributed by atoms with E-state index in [0.717, 1.165) is 12.1 Å². The molecule has 0 unspecified atom stereocenters.